The highest BCUT2D eigenvalue weighted by Crippen LogP contribution is 2.24. The van der Waals surface area contributed by atoms with Crippen LogP contribution in [0.5, 0.6) is 0 Å². The normalized spacial score (nSPS) is 17.1. The van der Waals surface area contributed by atoms with Crippen molar-refractivity contribution >= 4 is 33.1 Å². The van der Waals surface area contributed by atoms with Gasteiger partial charge in [0.1, 0.15) is 18.1 Å². The van der Waals surface area contributed by atoms with Gasteiger partial charge in [-0.3, -0.25) is 14.5 Å². The van der Waals surface area contributed by atoms with Gasteiger partial charge in [-0.05, 0) is 30.5 Å². The number of hydrogen-bond donors (Lipinski definition) is 2. The van der Waals surface area contributed by atoms with Crippen LogP contribution in [0.25, 0.3) is 10.8 Å². The Balaban J connectivity index is 1.43. The first-order valence-electron chi connectivity index (χ1n) is 8.40. The molecule has 2 aromatic heterocycles. The van der Waals surface area contributed by atoms with Crippen LogP contribution in [-0.4, -0.2) is 31.2 Å². The van der Waals surface area contributed by atoms with Gasteiger partial charge < -0.3 is 9.73 Å². The zero-order chi connectivity index (χ0) is 19.7. The third-order valence-corrected chi connectivity index (χ3v) is 6.35. The minimum Gasteiger partial charge on any atom is -0.443 e. The number of amides is 1. The second kappa shape index (κ2) is 7.21. The molecule has 28 heavy (non-hydrogen) atoms. The van der Waals surface area contributed by atoms with E-state index >= 15 is 0 Å². The maximum Gasteiger partial charge on any atom is 0.263 e. The van der Waals surface area contributed by atoms with Gasteiger partial charge in [0.25, 0.3) is 10.0 Å². The molecule has 0 spiro atoms. The first-order valence-corrected chi connectivity index (χ1v) is 10.8. The molecule has 3 aromatic rings. The van der Waals surface area contributed by atoms with E-state index in [2.05, 4.69) is 20.0 Å². The highest BCUT2D eigenvalue weighted by molar-refractivity contribution is 7.90. The Bertz CT molecular complexity index is 1150. The number of amidine groups is 1. The number of thiophene rings is 1. The fourth-order valence-electron chi connectivity index (χ4n) is 2.71. The molecule has 1 amide bonds. The van der Waals surface area contributed by atoms with Crippen molar-refractivity contribution in [2.24, 2.45) is 4.99 Å². The molecule has 1 atom stereocenters. The molecule has 4 rings (SSSR count). The third-order valence-electron chi connectivity index (χ3n) is 4.09. The van der Waals surface area contributed by atoms with Crippen LogP contribution in [0.15, 0.2) is 62.3 Å². The Morgan fingerprint density at radius 1 is 1.32 bits per heavy atom. The number of sulfonamides is 1. The van der Waals surface area contributed by atoms with Crippen LogP contribution < -0.4 is 10.0 Å². The molecule has 1 aliphatic heterocycles. The lowest BCUT2D eigenvalue weighted by Gasteiger charge is -2.08. The van der Waals surface area contributed by atoms with E-state index in [0.717, 1.165) is 4.88 Å². The van der Waals surface area contributed by atoms with Crippen LogP contribution in [0, 0.1) is 0 Å². The minimum atomic E-state index is -3.63. The zero-order valence-electron chi connectivity index (χ0n) is 14.7. The topological polar surface area (TPSA) is 114 Å². The highest BCUT2D eigenvalue weighted by atomic mass is 32.2. The second-order valence-electron chi connectivity index (χ2n) is 6.09. The van der Waals surface area contributed by atoms with Gasteiger partial charge in [-0.2, -0.15) is 0 Å². The van der Waals surface area contributed by atoms with Crippen molar-refractivity contribution in [1.82, 2.24) is 15.0 Å². The van der Waals surface area contributed by atoms with Crippen LogP contribution in [0.4, 0.5) is 0 Å². The standard InChI is InChI=1S/C18H16N4O4S2/c1-11(20-16-13-5-2-3-7-15(13)28(24,25)22-16)17(23)19-9-12-10-26-18(21-12)14-6-4-8-27-14/h2-8,10-11H,9H2,1H3,(H,19,23)(H,20,22)/t11-/m1/s1. The maximum absolute atomic E-state index is 12.4. The number of nitrogens with one attached hydrogen (secondary N) is 2. The van der Waals surface area contributed by atoms with Crippen molar-refractivity contribution in [2.75, 3.05) is 0 Å². The average Bonchev–Trinajstić information content (AvgIpc) is 3.40. The number of aromatic nitrogens is 1. The highest BCUT2D eigenvalue weighted by Gasteiger charge is 2.31. The zero-order valence-corrected chi connectivity index (χ0v) is 16.4. The Morgan fingerprint density at radius 2 is 2.14 bits per heavy atom. The Kier molecular flexibility index (Phi) is 4.73. The van der Waals surface area contributed by atoms with E-state index in [1.807, 2.05) is 17.5 Å². The molecule has 1 aliphatic rings. The number of nitrogens with zero attached hydrogens (tertiary/aromatic N) is 2. The summed E-state index contributed by atoms with van der Waals surface area (Å²) in [5.41, 5.74) is 1.04. The summed E-state index contributed by atoms with van der Waals surface area (Å²) in [6.07, 6.45) is 1.49. The molecule has 0 fully saturated rings. The number of oxazole rings is 1. The Labute approximate surface area is 165 Å². The van der Waals surface area contributed by atoms with Crippen molar-refractivity contribution in [3.63, 3.8) is 0 Å². The summed E-state index contributed by atoms with van der Waals surface area (Å²) in [5.74, 6) is 0.320. The molecule has 0 radical (unpaired) electrons. The van der Waals surface area contributed by atoms with E-state index in [9.17, 15) is 13.2 Å². The van der Waals surface area contributed by atoms with Gasteiger partial charge in [0, 0.05) is 5.56 Å². The molecule has 8 nitrogen and oxygen atoms in total. The summed E-state index contributed by atoms with van der Waals surface area (Å²) >= 11 is 1.51. The van der Waals surface area contributed by atoms with Gasteiger partial charge in [-0.25, -0.2) is 13.4 Å². The van der Waals surface area contributed by atoms with E-state index in [4.69, 9.17) is 4.42 Å². The number of carbonyl (C=O) groups is 1. The number of hydrogen-bond acceptors (Lipinski definition) is 7. The van der Waals surface area contributed by atoms with Gasteiger partial charge in [-0.15, -0.1) is 11.3 Å². The van der Waals surface area contributed by atoms with E-state index in [1.165, 1.54) is 23.7 Å². The number of benzene rings is 1. The van der Waals surface area contributed by atoms with Gasteiger partial charge in [0.2, 0.25) is 11.8 Å². The lowest BCUT2D eigenvalue weighted by atomic mass is 10.2. The van der Waals surface area contributed by atoms with Crippen molar-refractivity contribution in [3.8, 4) is 10.8 Å². The van der Waals surface area contributed by atoms with E-state index < -0.39 is 16.1 Å². The first-order chi connectivity index (χ1) is 13.4. The summed E-state index contributed by atoms with van der Waals surface area (Å²) in [6, 6.07) is 9.53. The molecular formula is C18H16N4O4S2. The predicted molar refractivity (Wildman–Crippen MR) is 104 cm³/mol. The molecule has 0 saturated carbocycles. The number of fused-ring (bicyclic) bond motifs is 1. The molecule has 1 aromatic carbocycles. The van der Waals surface area contributed by atoms with Crippen molar-refractivity contribution in [1.29, 1.82) is 0 Å². The lowest BCUT2D eigenvalue weighted by Crippen LogP contribution is -2.33. The molecular weight excluding hydrogens is 400 g/mol. The molecule has 2 N–H and O–H groups in total. The fraction of sp³-hybridized carbons (Fsp3) is 0.167. The quantitative estimate of drug-likeness (QED) is 0.662. The second-order valence-corrected chi connectivity index (χ2v) is 8.69. The maximum atomic E-state index is 12.4. The minimum absolute atomic E-state index is 0.157. The molecule has 0 aliphatic carbocycles. The molecule has 0 saturated heterocycles. The third kappa shape index (κ3) is 3.56. The lowest BCUT2D eigenvalue weighted by molar-refractivity contribution is -0.122. The average molecular weight is 416 g/mol. The number of aliphatic imine (C=N–C) groups is 1. The fourth-order valence-corrected chi connectivity index (χ4v) is 4.60. The summed E-state index contributed by atoms with van der Waals surface area (Å²) in [6.45, 7) is 1.78. The number of rotatable bonds is 5. The summed E-state index contributed by atoms with van der Waals surface area (Å²) < 4.78 is 32.0. The summed E-state index contributed by atoms with van der Waals surface area (Å²) in [5, 5.41) is 4.66. The van der Waals surface area contributed by atoms with Crippen molar-refractivity contribution in [2.45, 2.75) is 24.4 Å². The van der Waals surface area contributed by atoms with Gasteiger partial charge in [0.15, 0.2) is 0 Å². The van der Waals surface area contributed by atoms with Gasteiger partial charge in [0.05, 0.1) is 22.0 Å². The monoisotopic (exact) mass is 416 g/mol. The van der Waals surface area contributed by atoms with Crippen molar-refractivity contribution < 1.29 is 17.6 Å². The summed E-state index contributed by atoms with van der Waals surface area (Å²) in [7, 11) is -3.63. The smallest absolute Gasteiger partial charge is 0.263 e. The van der Waals surface area contributed by atoms with Gasteiger partial charge in [-0.1, -0.05) is 18.2 Å². The van der Waals surface area contributed by atoms with Crippen LogP contribution in [0.2, 0.25) is 0 Å². The predicted octanol–water partition coefficient (Wildman–Crippen LogP) is 2.15. The van der Waals surface area contributed by atoms with E-state index in [0.29, 0.717) is 17.1 Å². The summed E-state index contributed by atoms with van der Waals surface area (Å²) in [4.78, 5) is 22.0. The van der Waals surface area contributed by atoms with Crippen LogP contribution in [0.1, 0.15) is 18.2 Å². The molecule has 10 heteroatoms. The van der Waals surface area contributed by atoms with E-state index in [-0.39, 0.29) is 23.2 Å². The number of carbonyl (C=O) groups excluding carboxylic acids is 1. The molecule has 0 unspecified atom stereocenters. The van der Waals surface area contributed by atoms with Gasteiger partial charge >= 0.3 is 0 Å². The Hall–Kier alpha value is -2.98. The van der Waals surface area contributed by atoms with Crippen molar-refractivity contribution in [3.05, 3.63) is 59.3 Å². The van der Waals surface area contributed by atoms with Crippen LogP contribution in [-0.2, 0) is 21.4 Å². The SMILES string of the molecule is C[C@@H](N=C1NS(=O)(=O)c2ccccc21)C(=O)NCc1coc(-c2cccs2)n1. The first kappa shape index (κ1) is 18.4. The largest absolute Gasteiger partial charge is 0.443 e. The molecule has 3 heterocycles. The van der Waals surface area contributed by atoms with E-state index in [1.54, 1.807) is 25.1 Å². The van der Waals surface area contributed by atoms with Crippen LogP contribution in [0.3, 0.4) is 0 Å². The molecule has 0 bridgehead atoms. The van der Waals surface area contributed by atoms with Crippen LogP contribution >= 0.6 is 11.3 Å². The molecule has 144 valence electrons. The Morgan fingerprint density at radius 3 is 2.93 bits per heavy atom.